The number of amides is 2. The molecule has 0 radical (unpaired) electrons. The lowest BCUT2D eigenvalue weighted by Gasteiger charge is -2.35. The van der Waals surface area contributed by atoms with E-state index in [-0.39, 0.29) is 17.9 Å². The van der Waals surface area contributed by atoms with Crippen LogP contribution in [0.25, 0.3) is 0 Å². The summed E-state index contributed by atoms with van der Waals surface area (Å²) in [5.41, 5.74) is 0.916. The van der Waals surface area contributed by atoms with Gasteiger partial charge in [-0.05, 0) is 50.7 Å². The fourth-order valence-corrected chi connectivity index (χ4v) is 3.88. The third kappa shape index (κ3) is 3.77. The summed E-state index contributed by atoms with van der Waals surface area (Å²) in [5.74, 6) is -0.138. The summed E-state index contributed by atoms with van der Waals surface area (Å²) < 4.78 is 0. The number of carbonyl (C=O) groups excluding carboxylic acids is 2. The van der Waals surface area contributed by atoms with Gasteiger partial charge in [-0.3, -0.25) is 14.6 Å². The number of hydrogen-bond donors (Lipinski definition) is 1. The monoisotopic (exact) mass is 329 g/mol. The second-order valence-corrected chi connectivity index (χ2v) is 6.94. The minimum Gasteiger partial charge on any atom is -0.348 e. The lowest BCUT2D eigenvalue weighted by atomic mass is 9.99. The minimum atomic E-state index is -0.165. The van der Waals surface area contributed by atoms with Crippen molar-refractivity contribution >= 4 is 11.8 Å². The van der Waals surface area contributed by atoms with Crippen molar-refractivity contribution in [2.75, 3.05) is 6.54 Å². The largest absolute Gasteiger partial charge is 0.348 e. The van der Waals surface area contributed by atoms with Gasteiger partial charge in [0.1, 0.15) is 5.69 Å². The number of pyridine rings is 1. The van der Waals surface area contributed by atoms with Crippen molar-refractivity contribution in [2.45, 2.75) is 70.4 Å². The maximum atomic E-state index is 12.9. The molecule has 0 spiro atoms. The van der Waals surface area contributed by atoms with Gasteiger partial charge in [-0.25, -0.2) is 0 Å². The first-order valence-electron chi connectivity index (χ1n) is 9.27. The number of nitrogens with one attached hydrogen (secondary N) is 1. The third-order valence-electron chi connectivity index (χ3n) is 5.29. The van der Waals surface area contributed by atoms with Crippen LogP contribution < -0.4 is 5.32 Å². The summed E-state index contributed by atoms with van der Waals surface area (Å²) in [5, 5.41) is 3.03. The van der Waals surface area contributed by atoms with Crippen LogP contribution in [0.3, 0.4) is 0 Å². The zero-order valence-electron chi connectivity index (χ0n) is 14.5. The third-order valence-corrected chi connectivity index (χ3v) is 5.29. The highest BCUT2D eigenvalue weighted by atomic mass is 16.2. The molecule has 1 saturated carbocycles. The predicted octanol–water partition coefficient (Wildman–Crippen LogP) is 3.16. The molecule has 1 aliphatic carbocycles. The van der Waals surface area contributed by atoms with Crippen molar-refractivity contribution < 1.29 is 9.59 Å². The molecule has 2 aliphatic rings. The lowest BCUT2D eigenvalue weighted by Crippen LogP contribution is -2.43. The highest BCUT2D eigenvalue weighted by Crippen LogP contribution is 2.22. The Hall–Kier alpha value is -1.91. The molecule has 2 fully saturated rings. The molecule has 5 nitrogen and oxygen atoms in total. The molecule has 0 bridgehead atoms. The molecule has 2 amide bonds. The average Bonchev–Trinajstić information content (AvgIpc) is 3.14. The Morgan fingerprint density at radius 3 is 2.71 bits per heavy atom. The van der Waals surface area contributed by atoms with Crippen LogP contribution >= 0.6 is 0 Å². The average molecular weight is 329 g/mol. The first kappa shape index (κ1) is 16.9. The van der Waals surface area contributed by atoms with Gasteiger partial charge in [0, 0.05) is 30.4 Å². The van der Waals surface area contributed by atoms with E-state index in [4.69, 9.17) is 0 Å². The van der Waals surface area contributed by atoms with Crippen LogP contribution in [0.15, 0.2) is 18.3 Å². The molecule has 3 rings (SSSR count). The summed E-state index contributed by atoms with van der Waals surface area (Å²) in [6.07, 6.45) is 10.3. The van der Waals surface area contributed by atoms with Crippen LogP contribution in [0.1, 0.15) is 79.1 Å². The zero-order chi connectivity index (χ0) is 16.9. The number of piperidine rings is 1. The maximum Gasteiger partial charge on any atom is 0.270 e. The van der Waals surface area contributed by atoms with Crippen LogP contribution in [0, 0.1) is 0 Å². The fraction of sp³-hybridized carbons (Fsp3) is 0.632. The molecule has 1 aromatic rings. The molecule has 1 N–H and O–H groups in total. The molecule has 1 atom stereocenters. The Kier molecular flexibility index (Phi) is 5.48. The van der Waals surface area contributed by atoms with E-state index < -0.39 is 0 Å². The van der Waals surface area contributed by atoms with E-state index in [1.54, 1.807) is 18.3 Å². The van der Waals surface area contributed by atoms with E-state index in [1.165, 1.54) is 19.3 Å². The SMILES string of the molecule is CCC1CCCCN1C(=O)c1ccnc(C(=O)NC2CCCC2)c1. The Labute approximate surface area is 143 Å². The summed E-state index contributed by atoms with van der Waals surface area (Å²) in [7, 11) is 0. The highest BCUT2D eigenvalue weighted by Gasteiger charge is 2.27. The van der Waals surface area contributed by atoms with Gasteiger partial charge in [0.15, 0.2) is 0 Å². The Morgan fingerprint density at radius 1 is 1.21 bits per heavy atom. The van der Waals surface area contributed by atoms with Crippen LogP contribution in [0.4, 0.5) is 0 Å². The standard InChI is InChI=1S/C19H27N3O2/c1-2-16-9-5-6-12-22(16)19(24)14-10-11-20-17(13-14)18(23)21-15-7-3-4-8-15/h10-11,13,15-16H,2-9,12H2,1H3,(H,21,23). The Morgan fingerprint density at radius 2 is 1.96 bits per heavy atom. The molecule has 24 heavy (non-hydrogen) atoms. The molecule has 130 valence electrons. The van der Waals surface area contributed by atoms with Crippen molar-refractivity contribution in [1.82, 2.24) is 15.2 Å². The number of aromatic nitrogens is 1. The first-order valence-corrected chi connectivity index (χ1v) is 9.27. The van der Waals surface area contributed by atoms with Gasteiger partial charge in [0.05, 0.1) is 0 Å². The Balaban J connectivity index is 1.71. The first-order chi connectivity index (χ1) is 11.7. The normalized spacial score (nSPS) is 21.7. The van der Waals surface area contributed by atoms with Gasteiger partial charge in [0.25, 0.3) is 11.8 Å². The van der Waals surface area contributed by atoms with Crippen molar-refractivity contribution in [1.29, 1.82) is 0 Å². The molecule has 1 unspecified atom stereocenters. The summed E-state index contributed by atoms with van der Waals surface area (Å²) in [6, 6.07) is 3.93. The van der Waals surface area contributed by atoms with Crippen molar-refractivity contribution in [2.24, 2.45) is 0 Å². The number of likely N-dealkylation sites (tertiary alicyclic amines) is 1. The lowest BCUT2D eigenvalue weighted by molar-refractivity contribution is 0.0608. The minimum absolute atomic E-state index is 0.0267. The van der Waals surface area contributed by atoms with E-state index >= 15 is 0 Å². The van der Waals surface area contributed by atoms with Gasteiger partial charge in [-0.1, -0.05) is 19.8 Å². The van der Waals surface area contributed by atoms with E-state index in [9.17, 15) is 9.59 Å². The summed E-state index contributed by atoms with van der Waals surface area (Å²) in [4.78, 5) is 31.4. The van der Waals surface area contributed by atoms with Crippen LogP contribution in [-0.2, 0) is 0 Å². The van der Waals surface area contributed by atoms with Gasteiger partial charge in [-0.2, -0.15) is 0 Å². The number of nitrogens with zero attached hydrogens (tertiary/aromatic N) is 2. The molecule has 2 heterocycles. The quantitative estimate of drug-likeness (QED) is 0.923. The number of hydrogen-bond acceptors (Lipinski definition) is 3. The number of carbonyl (C=O) groups is 2. The topological polar surface area (TPSA) is 62.3 Å². The van der Waals surface area contributed by atoms with E-state index in [0.717, 1.165) is 38.6 Å². The van der Waals surface area contributed by atoms with Crippen molar-refractivity contribution in [3.8, 4) is 0 Å². The van der Waals surface area contributed by atoms with Gasteiger partial charge in [0.2, 0.25) is 0 Å². The van der Waals surface area contributed by atoms with Crippen molar-refractivity contribution in [3.05, 3.63) is 29.6 Å². The molecular weight excluding hydrogens is 302 g/mol. The highest BCUT2D eigenvalue weighted by molar-refractivity contribution is 5.98. The fourth-order valence-electron chi connectivity index (χ4n) is 3.88. The molecular formula is C19H27N3O2. The number of rotatable bonds is 4. The maximum absolute atomic E-state index is 12.9. The molecule has 1 aliphatic heterocycles. The molecule has 1 aromatic heterocycles. The second kappa shape index (κ2) is 7.77. The zero-order valence-corrected chi connectivity index (χ0v) is 14.5. The Bertz CT molecular complexity index is 596. The smallest absolute Gasteiger partial charge is 0.270 e. The van der Waals surface area contributed by atoms with Gasteiger partial charge < -0.3 is 10.2 Å². The van der Waals surface area contributed by atoms with E-state index in [1.807, 2.05) is 4.90 Å². The second-order valence-electron chi connectivity index (χ2n) is 6.94. The van der Waals surface area contributed by atoms with Crippen LogP contribution in [0.5, 0.6) is 0 Å². The molecule has 5 heteroatoms. The van der Waals surface area contributed by atoms with Crippen LogP contribution in [-0.4, -0.2) is 40.3 Å². The molecule has 1 saturated heterocycles. The van der Waals surface area contributed by atoms with Crippen molar-refractivity contribution in [3.63, 3.8) is 0 Å². The van der Waals surface area contributed by atoms with Gasteiger partial charge in [-0.15, -0.1) is 0 Å². The van der Waals surface area contributed by atoms with E-state index in [0.29, 0.717) is 17.3 Å². The predicted molar refractivity (Wildman–Crippen MR) is 92.9 cm³/mol. The summed E-state index contributed by atoms with van der Waals surface area (Å²) in [6.45, 7) is 2.94. The van der Waals surface area contributed by atoms with E-state index in [2.05, 4.69) is 17.2 Å². The summed E-state index contributed by atoms with van der Waals surface area (Å²) >= 11 is 0. The van der Waals surface area contributed by atoms with Gasteiger partial charge >= 0.3 is 0 Å². The van der Waals surface area contributed by atoms with Crippen LogP contribution in [0.2, 0.25) is 0 Å². The molecule has 0 aromatic carbocycles.